The Hall–Kier alpha value is -1.52. The van der Waals surface area contributed by atoms with Gasteiger partial charge in [-0.15, -0.1) is 0 Å². The molecule has 124 valence electrons. The minimum Gasteiger partial charge on any atom is -0.444 e. The minimum absolute atomic E-state index is 0.0145. The van der Waals surface area contributed by atoms with Crippen molar-refractivity contribution in [3.8, 4) is 0 Å². The number of nitrogens with one attached hydrogen (secondary N) is 1. The highest BCUT2D eigenvalue weighted by molar-refractivity contribution is 5.89. The van der Waals surface area contributed by atoms with Crippen molar-refractivity contribution in [3.05, 3.63) is 11.6 Å². The largest absolute Gasteiger partial charge is 0.444 e. The van der Waals surface area contributed by atoms with Gasteiger partial charge in [0, 0.05) is 12.6 Å². The van der Waals surface area contributed by atoms with Crippen molar-refractivity contribution in [3.63, 3.8) is 0 Å². The molecule has 5 nitrogen and oxygen atoms in total. The maximum Gasteiger partial charge on any atom is 0.407 e. The highest BCUT2D eigenvalue weighted by Crippen LogP contribution is 2.26. The van der Waals surface area contributed by atoms with Gasteiger partial charge in [-0.3, -0.25) is 4.79 Å². The van der Waals surface area contributed by atoms with E-state index in [-0.39, 0.29) is 24.1 Å². The second kappa shape index (κ2) is 6.71. The van der Waals surface area contributed by atoms with E-state index in [0.717, 1.165) is 44.2 Å². The van der Waals surface area contributed by atoms with Crippen LogP contribution >= 0.6 is 0 Å². The van der Waals surface area contributed by atoms with E-state index in [1.807, 2.05) is 32.6 Å². The Morgan fingerprint density at radius 1 is 1.32 bits per heavy atom. The summed E-state index contributed by atoms with van der Waals surface area (Å²) < 4.78 is 5.35. The van der Waals surface area contributed by atoms with E-state index in [9.17, 15) is 9.59 Å². The van der Waals surface area contributed by atoms with Crippen LogP contribution in [-0.2, 0) is 9.53 Å². The molecule has 1 aliphatic heterocycles. The van der Waals surface area contributed by atoms with Crippen molar-refractivity contribution in [1.29, 1.82) is 0 Å². The molecule has 1 aliphatic carbocycles. The molecule has 2 amide bonds. The van der Waals surface area contributed by atoms with E-state index in [1.165, 1.54) is 0 Å². The molecule has 2 aliphatic rings. The molecule has 22 heavy (non-hydrogen) atoms. The first-order valence-electron chi connectivity index (χ1n) is 8.23. The third-order valence-corrected chi connectivity index (χ3v) is 4.23. The molecule has 1 N–H and O–H groups in total. The van der Waals surface area contributed by atoms with E-state index < -0.39 is 5.60 Å². The van der Waals surface area contributed by atoms with Crippen LogP contribution in [0.1, 0.15) is 59.8 Å². The Bertz CT molecular complexity index is 465. The third kappa shape index (κ3) is 4.49. The lowest BCUT2D eigenvalue weighted by molar-refractivity contribution is -0.130. The van der Waals surface area contributed by atoms with Gasteiger partial charge < -0.3 is 15.0 Å². The first kappa shape index (κ1) is 16.8. The molecule has 0 spiro atoms. The lowest BCUT2D eigenvalue weighted by atomic mass is 9.88. The van der Waals surface area contributed by atoms with Gasteiger partial charge in [-0.1, -0.05) is 18.4 Å². The topological polar surface area (TPSA) is 58.6 Å². The van der Waals surface area contributed by atoms with E-state index in [4.69, 9.17) is 4.74 Å². The highest BCUT2D eigenvalue weighted by Gasteiger charge is 2.35. The molecule has 0 saturated heterocycles. The fraction of sp³-hybridized carbons (Fsp3) is 0.765. The van der Waals surface area contributed by atoms with Crippen molar-refractivity contribution in [1.82, 2.24) is 10.2 Å². The molecule has 1 saturated carbocycles. The Balaban J connectivity index is 2.02. The molecule has 1 fully saturated rings. The Morgan fingerprint density at radius 2 is 2.00 bits per heavy atom. The Labute approximate surface area is 133 Å². The lowest BCUT2D eigenvalue weighted by Gasteiger charge is -2.41. The number of rotatable bonds is 2. The van der Waals surface area contributed by atoms with Gasteiger partial charge in [0.2, 0.25) is 5.91 Å². The molecule has 0 aromatic carbocycles. The maximum atomic E-state index is 12.3. The fourth-order valence-corrected chi connectivity index (χ4v) is 3.21. The number of alkyl carbamates (subject to hydrolysis) is 1. The van der Waals surface area contributed by atoms with Crippen LogP contribution in [0, 0.1) is 0 Å². The number of carbonyl (C=O) groups is 2. The van der Waals surface area contributed by atoms with Crippen LogP contribution in [0.2, 0.25) is 0 Å². The number of hydrogen-bond acceptors (Lipinski definition) is 3. The van der Waals surface area contributed by atoms with Gasteiger partial charge in [0.15, 0.2) is 0 Å². The van der Waals surface area contributed by atoms with Crippen molar-refractivity contribution in [2.75, 3.05) is 6.54 Å². The first-order chi connectivity index (χ1) is 10.3. The summed E-state index contributed by atoms with van der Waals surface area (Å²) in [6.07, 6.45) is 6.28. The number of ether oxygens (including phenoxy) is 1. The zero-order valence-electron chi connectivity index (χ0n) is 14.1. The van der Waals surface area contributed by atoms with Crippen molar-refractivity contribution >= 4 is 12.0 Å². The van der Waals surface area contributed by atoms with Gasteiger partial charge in [-0.25, -0.2) is 4.79 Å². The number of carbonyl (C=O) groups excluding carboxylic acids is 2. The monoisotopic (exact) mass is 308 g/mol. The molecule has 5 heteroatoms. The third-order valence-electron chi connectivity index (χ3n) is 4.23. The summed E-state index contributed by atoms with van der Waals surface area (Å²) in [7, 11) is 0. The van der Waals surface area contributed by atoms with Crippen molar-refractivity contribution in [2.45, 2.75) is 77.5 Å². The molecule has 1 heterocycles. The van der Waals surface area contributed by atoms with Gasteiger partial charge >= 0.3 is 6.09 Å². The molecule has 0 unspecified atom stereocenters. The standard InChI is InChI=1S/C17H28N2O3/c1-12-9-10-19(15(20)11-12)14-8-6-5-7-13(14)18-16(21)22-17(2,3)4/h11,13-14H,5-10H2,1-4H3,(H,18,21)/t13-,14-/m1/s1. The van der Waals surface area contributed by atoms with Gasteiger partial charge in [-0.05, 0) is 47.0 Å². The molecular weight excluding hydrogens is 280 g/mol. The van der Waals surface area contributed by atoms with E-state index >= 15 is 0 Å². The summed E-state index contributed by atoms with van der Waals surface area (Å²) in [5.74, 6) is 0.0756. The second-order valence-electron chi connectivity index (χ2n) is 7.38. The van der Waals surface area contributed by atoms with Crippen LogP contribution in [0.5, 0.6) is 0 Å². The van der Waals surface area contributed by atoms with Gasteiger partial charge in [0.25, 0.3) is 0 Å². The molecular formula is C17H28N2O3. The van der Waals surface area contributed by atoms with Gasteiger partial charge in [0.1, 0.15) is 5.60 Å². The molecule has 2 atom stereocenters. The zero-order chi connectivity index (χ0) is 16.3. The number of hydrogen-bond donors (Lipinski definition) is 1. The predicted molar refractivity (Wildman–Crippen MR) is 85.5 cm³/mol. The molecule has 2 rings (SSSR count). The van der Waals surface area contributed by atoms with E-state index in [0.29, 0.717) is 0 Å². The lowest BCUT2D eigenvalue weighted by Crippen LogP contribution is -2.56. The number of amides is 2. The molecule has 0 aromatic heterocycles. The van der Waals surface area contributed by atoms with Crippen LogP contribution in [0.25, 0.3) is 0 Å². The Kier molecular flexibility index (Phi) is 5.14. The minimum atomic E-state index is -0.505. The first-order valence-corrected chi connectivity index (χ1v) is 8.23. The summed E-state index contributed by atoms with van der Waals surface area (Å²) in [6.45, 7) is 8.30. The average molecular weight is 308 g/mol. The van der Waals surface area contributed by atoms with Crippen LogP contribution < -0.4 is 5.32 Å². The Morgan fingerprint density at radius 3 is 2.64 bits per heavy atom. The normalized spacial score (nSPS) is 26.5. The second-order valence-corrected chi connectivity index (χ2v) is 7.38. The quantitative estimate of drug-likeness (QED) is 0.853. The summed E-state index contributed by atoms with van der Waals surface area (Å²) in [5, 5.41) is 2.98. The van der Waals surface area contributed by atoms with Crippen LogP contribution in [0.3, 0.4) is 0 Å². The highest BCUT2D eigenvalue weighted by atomic mass is 16.6. The molecule has 0 bridgehead atoms. The van der Waals surface area contributed by atoms with Gasteiger partial charge in [0.05, 0.1) is 12.1 Å². The molecule has 0 aromatic rings. The number of nitrogens with zero attached hydrogens (tertiary/aromatic N) is 1. The van der Waals surface area contributed by atoms with Crippen molar-refractivity contribution < 1.29 is 14.3 Å². The summed E-state index contributed by atoms with van der Waals surface area (Å²) in [6, 6.07) is 0.0671. The fourth-order valence-electron chi connectivity index (χ4n) is 3.21. The smallest absolute Gasteiger partial charge is 0.407 e. The van der Waals surface area contributed by atoms with Gasteiger partial charge in [-0.2, -0.15) is 0 Å². The summed E-state index contributed by atoms with van der Waals surface area (Å²) in [5.41, 5.74) is 0.628. The van der Waals surface area contributed by atoms with E-state index in [1.54, 1.807) is 6.08 Å². The van der Waals surface area contributed by atoms with E-state index in [2.05, 4.69) is 5.32 Å². The van der Waals surface area contributed by atoms with Crippen LogP contribution in [-0.4, -0.2) is 41.1 Å². The average Bonchev–Trinajstić information content (AvgIpc) is 2.37. The van der Waals surface area contributed by atoms with Crippen molar-refractivity contribution in [2.24, 2.45) is 0 Å². The zero-order valence-corrected chi connectivity index (χ0v) is 14.1. The molecule has 0 radical (unpaired) electrons. The SMILES string of the molecule is CC1=CC(=O)N([C@@H]2CCCC[C@H]2NC(=O)OC(C)(C)C)CC1. The summed E-state index contributed by atoms with van der Waals surface area (Å²) >= 11 is 0. The maximum absolute atomic E-state index is 12.3. The summed E-state index contributed by atoms with van der Waals surface area (Å²) in [4.78, 5) is 26.2. The predicted octanol–water partition coefficient (Wildman–Crippen LogP) is 3.00. The van der Waals surface area contributed by atoms with Crippen LogP contribution in [0.15, 0.2) is 11.6 Å². The van der Waals surface area contributed by atoms with Crippen LogP contribution in [0.4, 0.5) is 4.79 Å².